The Balaban J connectivity index is 2.17. The fourth-order valence-electron chi connectivity index (χ4n) is 3.18. The summed E-state index contributed by atoms with van der Waals surface area (Å²) >= 11 is 2.15. The molecule has 1 atom stereocenters. The smallest absolute Gasteiger partial charge is 0.143 e. The largest absolute Gasteiger partial charge is 0.386 e. The molecule has 3 aromatic carbocycles. The standard InChI is InChI=1S/C24H23IO2/c1-19(17-25)23(26)18-27-24(20-11-5-2-6-12-20,21-13-7-3-8-14-21)22-15-9-4-10-16-22/h2-17,23,26H,18H2,1H3/b19-17-/t23-/m0/s1. The highest BCUT2D eigenvalue weighted by Crippen LogP contribution is 2.40. The van der Waals surface area contributed by atoms with E-state index in [0.29, 0.717) is 0 Å². The minimum absolute atomic E-state index is 0.198. The zero-order valence-corrected chi connectivity index (χ0v) is 17.4. The second-order valence-corrected chi connectivity index (χ2v) is 7.08. The van der Waals surface area contributed by atoms with Crippen molar-refractivity contribution in [1.82, 2.24) is 0 Å². The Morgan fingerprint density at radius 1 is 0.852 bits per heavy atom. The van der Waals surface area contributed by atoms with Crippen LogP contribution in [0.25, 0.3) is 0 Å². The first-order chi connectivity index (χ1) is 13.2. The number of aliphatic hydroxyl groups excluding tert-OH is 1. The van der Waals surface area contributed by atoms with Gasteiger partial charge in [0.2, 0.25) is 0 Å². The first-order valence-corrected chi connectivity index (χ1v) is 10.2. The maximum Gasteiger partial charge on any atom is 0.143 e. The lowest BCUT2D eigenvalue weighted by molar-refractivity contribution is -0.0276. The third-order valence-electron chi connectivity index (χ3n) is 4.70. The van der Waals surface area contributed by atoms with E-state index in [-0.39, 0.29) is 6.61 Å². The molecule has 27 heavy (non-hydrogen) atoms. The SMILES string of the molecule is C/C(=C/I)[C@@H](O)COC(c1ccccc1)(c1ccccc1)c1ccccc1. The quantitative estimate of drug-likeness (QED) is 0.355. The minimum atomic E-state index is -0.795. The van der Waals surface area contributed by atoms with Gasteiger partial charge >= 0.3 is 0 Å². The summed E-state index contributed by atoms with van der Waals surface area (Å²) in [6.07, 6.45) is -0.655. The van der Waals surface area contributed by atoms with Crippen LogP contribution in [0.15, 0.2) is 101 Å². The molecule has 2 nitrogen and oxygen atoms in total. The molecular formula is C24H23IO2. The molecule has 0 spiro atoms. The van der Waals surface area contributed by atoms with Crippen molar-refractivity contribution in [3.05, 3.63) is 117 Å². The first kappa shape index (κ1) is 19.8. The third kappa shape index (κ3) is 4.32. The van der Waals surface area contributed by atoms with Crippen LogP contribution < -0.4 is 0 Å². The topological polar surface area (TPSA) is 29.5 Å². The molecule has 0 radical (unpaired) electrons. The lowest BCUT2D eigenvalue weighted by Crippen LogP contribution is -2.36. The van der Waals surface area contributed by atoms with Crippen molar-refractivity contribution >= 4 is 22.6 Å². The monoisotopic (exact) mass is 470 g/mol. The molecule has 0 amide bonds. The summed E-state index contributed by atoms with van der Waals surface area (Å²) in [6, 6.07) is 30.6. The summed E-state index contributed by atoms with van der Waals surface area (Å²) in [5, 5.41) is 10.5. The Morgan fingerprint density at radius 3 is 1.56 bits per heavy atom. The van der Waals surface area contributed by atoms with Crippen molar-refractivity contribution in [2.45, 2.75) is 18.6 Å². The normalized spacial score (nSPS) is 13.4. The Labute approximate surface area is 174 Å². The number of ether oxygens (including phenoxy) is 1. The molecule has 0 aliphatic heterocycles. The highest BCUT2D eigenvalue weighted by Gasteiger charge is 2.38. The zero-order chi connectivity index (χ0) is 19.1. The van der Waals surface area contributed by atoms with Crippen LogP contribution in [0.5, 0.6) is 0 Å². The second-order valence-electron chi connectivity index (χ2n) is 6.46. The van der Waals surface area contributed by atoms with Crippen molar-refractivity contribution in [3.63, 3.8) is 0 Å². The molecule has 0 aromatic heterocycles. The van der Waals surface area contributed by atoms with E-state index in [2.05, 4.69) is 59.0 Å². The predicted octanol–water partition coefficient (Wildman–Crippen LogP) is 5.69. The highest BCUT2D eigenvalue weighted by atomic mass is 127. The van der Waals surface area contributed by atoms with Gasteiger partial charge in [-0.3, -0.25) is 0 Å². The molecule has 3 heteroatoms. The molecule has 0 saturated heterocycles. The van der Waals surface area contributed by atoms with Gasteiger partial charge in [-0.2, -0.15) is 0 Å². The van der Waals surface area contributed by atoms with Gasteiger partial charge in [-0.1, -0.05) is 114 Å². The van der Waals surface area contributed by atoms with Crippen LogP contribution in [0.2, 0.25) is 0 Å². The van der Waals surface area contributed by atoms with Gasteiger partial charge in [-0.15, -0.1) is 0 Å². The number of halogens is 1. The molecule has 0 unspecified atom stereocenters. The van der Waals surface area contributed by atoms with Gasteiger partial charge in [-0.25, -0.2) is 0 Å². The lowest BCUT2D eigenvalue weighted by Gasteiger charge is -2.36. The van der Waals surface area contributed by atoms with Crippen molar-refractivity contribution in [2.24, 2.45) is 0 Å². The predicted molar refractivity (Wildman–Crippen MR) is 119 cm³/mol. The van der Waals surface area contributed by atoms with Gasteiger partial charge in [0.15, 0.2) is 0 Å². The number of rotatable bonds is 7. The third-order valence-corrected chi connectivity index (χ3v) is 5.68. The molecule has 0 heterocycles. The number of hydrogen-bond donors (Lipinski definition) is 1. The maximum atomic E-state index is 10.5. The van der Waals surface area contributed by atoms with E-state index in [1.54, 1.807) is 0 Å². The van der Waals surface area contributed by atoms with E-state index in [0.717, 1.165) is 22.3 Å². The number of benzene rings is 3. The van der Waals surface area contributed by atoms with Gasteiger partial charge in [0.1, 0.15) is 5.60 Å². The fraction of sp³-hybridized carbons (Fsp3) is 0.167. The Hall–Kier alpha value is -1.95. The summed E-state index contributed by atoms with van der Waals surface area (Å²) in [7, 11) is 0. The van der Waals surface area contributed by atoms with E-state index in [4.69, 9.17) is 4.74 Å². The summed E-state index contributed by atoms with van der Waals surface area (Å²) in [6.45, 7) is 2.11. The van der Waals surface area contributed by atoms with Crippen LogP contribution in [-0.2, 0) is 10.3 Å². The fourth-order valence-corrected chi connectivity index (χ4v) is 3.59. The van der Waals surface area contributed by atoms with E-state index < -0.39 is 11.7 Å². The number of hydrogen-bond acceptors (Lipinski definition) is 2. The van der Waals surface area contributed by atoms with Crippen molar-refractivity contribution in [3.8, 4) is 0 Å². The Morgan fingerprint density at radius 2 is 1.22 bits per heavy atom. The summed E-state index contributed by atoms with van der Waals surface area (Å²) < 4.78 is 8.47. The van der Waals surface area contributed by atoms with Crippen LogP contribution in [0.1, 0.15) is 23.6 Å². The molecule has 3 rings (SSSR count). The summed E-state index contributed by atoms with van der Waals surface area (Å²) in [5.74, 6) is 0. The number of aliphatic hydroxyl groups is 1. The first-order valence-electron chi connectivity index (χ1n) is 8.94. The average Bonchev–Trinajstić information content (AvgIpc) is 2.75. The van der Waals surface area contributed by atoms with E-state index >= 15 is 0 Å². The molecule has 0 aliphatic carbocycles. The summed E-state index contributed by atoms with van der Waals surface area (Å²) in [5.41, 5.74) is 3.19. The molecule has 0 fully saturated rings. The van der Waals surface area contributed by atoms with E-state index in [1.807, 2.05) is 65.6 Å². The van der Waals surface area contributed by atoms with Crippen molar-refractivity contribution in [2.75, 3.05) is 6.61 Å². The van der Waals surface area contributed by atoms with Crippen molar-refractivity contribution in [1.29, 1.82) is 0 Å². The Kier molecular flexibility index (Phi) is 6.83. The van der Waals surface area contributed by atoms with E-state index in [1.165, 1.54) is 0 Å². The minimum Gasteiger partial charge on any atom is -0.386 e. The van der Waals surface area contributed by atoms with Crippen LogP contribution in [-0.4, -0.2) is 17.8 Å². The molecule has 0 saturated carbocycles. The zero-order valence-electron chi connectivity index (χ0n) is 15.3. The average molecular weight is 470 g/mol. The van der Waals surface area contributed by atoms with Gasteiger partial charge in [0.25, 0.3) is 0 Å². The molecule has 1 N–H and O–H groups in total. The Bertz CT molecular complexity index is 764. The second kappa shape index (κ2) is 9.31. The van der Waals surface area contributed by atoms with Gasteiger partial charge in [0.05, 0.1) is 12.7 Å². The van der Waals surface area contributed by atoms with Gasteiger partial charge < -0.3 is 9.84 Å². The molecule has 3 aromatic rings. The summed E-state index contributed by atoms with van der Waals surface area (Å²) in [4.78, 5) is 0. The molecular weight excluding hydrogens is 447 g/mol. The van der Waals surface area contributed by atoms with Crippen LogP contribution in [0.4, 0.5) is 0 Å². The van der Waals surface area contributed by atoms with Crippen LogP contribution >= 0.6 is 22.6 Å². The van der Waals surface area contributed by atoms with E-state index in [9.17, 15) is 5.11 Å². The lowest BCUT2D eigenvalue weighted by atomic mass is 9.80. The molecule has 0 aliphatic rings. The molecule has 138 valence electrons. The van der Waals surface area contributed by atoms with Crippen LogP contribution in [0.3, 0.4) is 0 Å². The highest BCUT2D eigenvalue weighted by molar-refractivity contribution is 14.1. The van der Waals surface area contributed by atoms with Gasteiger partial charge in [-0.05, 0) is 33.3 Å². The molecule has 0 bridgehead atoms. The maximum absolute atomic E-state index is 10.5. The van der Waals surface area contributed by atoms with Gasteiger partial charge in [0, 0.05) is 0 Å². The van der Waals surface area contributed by atoms with Crippen LogP contribution in [0, 0.1) is 0 Å². The van der Waals surface area contributed by atoms with Crippen molar-refractivity contribution < 1.29 is 9.84 Å².